The lowest BCUT2D eigenvalue weighted by molar-refractivity contribution is 0.128. The maximum atomic E-state index is 5.40. The number of nitrogens with zero attached hydrogens (tertiary/aromatic N) is 3. The number of rotatable bonds is 8. The molecular weight excluding hydrogens is 268 g/mol. The van der Waals surface area contributed by atoms with Gasteiger partial charge in [-0.1, -0.05) is 0 Å². The van der Waals surface area contributed by atoms with E-state index in [0.717, 1.165) is 23.9 Å². The number of hydrogen-bond acceptors (Lipinski definition) is 6. The minimum Gasteiger partial charge on any atom is -0.467 e. The van der Waals surface area contributed by atoms with Crippen LogP contribution in [0.3, 0.4) is 0 Å². The average Bonchev–Trinajstić information content (AvgIpc) is 2.98. The van der Waals surface area contributed by atoms with E-state index in [9.17, 15) is 0 Å². The van der Waals surface area contributed by atoms with Crippen LogP contribution >= 0.6 is 0 Å². The summed E-state index contributed by atoms with van der Waals surface area (Å²) in [6, 6.07) is 5.76. The Balaban J connectivity index is 2.17. The Bertz CT molecular complexity index is 543. The van der Waals surface area contributed by atoms with Crippen molar-refractivity contribution in [2.75, 3.05) is 30.4 Å². The van der Waals surface area contributed by atoms with Crippen LogP contribution in [0.1, 0.15) is 25.4 Å². The maximum Gasteiger partial charge on any atom is 0.158 e. The summed E-state index contributed by atoms with van der Waals surface area (Å²) in [5, 5.41) is 3.22. The van der Waals surface area contributed by atoms with E-state index < -0.39 is 0 Å². The second-order valence-electron chi connectivity index (χ2n) is 4.63. The molecule has 114 valence electrons. The molecule has 6 heteroatoms. The summed E-state index contributed by atoms with van der Waals surface area (Å²) in [4.78, 5) is 11.0. The summed E-state index contributed by atoms with van der Waals surface area (Å²) in [6.45, 7) is 6.52. The number of hydrogen-bond donors (Lipinski definition) is 1. The number of nitrogens with one attached hydrogen (secondary N) is 1. The molecule has 0 saturated carbocycles. The van der Waals surface area contributed by atoms with Gasteiger partial charge in [-0.15, -0.1) is 0 Å². The molecule has 2 heterocycles. The van der Waals surface area contributed by atoms with Crippen LogP contribution in [0.4, 0.5) is 11.6 Å². The summed E-state index contributed by atoms with van der Waals surface area (Å²) in [7, 11) is 1.98. The number of anilines is 2. The molecule has 0 spiro atoms. The predicted octanol–water partition coefficient (Wildman–Crippen LogP) is 2.67. The van der Waals surface area contributed by atoms with Crippen molar-refractivity contribution in [1.29, 1.82) is 0 Å². The fourth-order valence-electron chi connectivity index (χ4n) is 1.93. The molecule has 0 bridgehead atoms. The van der Waals surface area contributed by atoms with E-state index in [4.69, 9.17) is 9.15 Å². The highest BCUT2D eigenvalue weighted by atomic mass is 16.5. The number of aromatic nitrogens is 2. The van der Waals surface area contributed by atoms with Crippen molar-refractivity contribution in [3.05, 3.63) is 36.0 Å². The minimum absolute atomic E-state index is 0.414. The summed E-state index contributed by atoms with van der Waals surface area (Å²) in [6.07, 6.45) is 1.67. The Morgan fingerprint density at radius 3 is 2.86 bits per heavy atom. The van der Waals surface area contributed by atoms with Gasteiger partial charge in [-0.3, -0.25) is 0 Å². The fourth-order valence-corrected chi connectivity index (χ4v) is 1.93. The van der Waals surface area contributed by atoms with Gasteiger partial charge in [-0.05, 0) is 26.0 Å². The molecule has 2 aromatic rings. The second kappa shape index (κ2) is 7.64. The van der Waals surface area contributed by atoms with E-state index in [-0.39, 0.29) is 0 Å². The molecule has 0 amide bonds. The van der Waals surface area contributed by atoms with Crippen LogP contribution in [-0.2, 0) is 17.9 Å². The zero-order valence-electron chi connectivity index (χ0n) is 12.8. The Hall–Kier alpha value is -2.08. The first-order valence-electron chi connectivity index (χ1n) is 7.16. The van der Waals surface area contributed by atoms with Crippen LogP contribution in [-0.4, -0.2) is 30.2 Å². The van der Waals surface area contributed by atoms with Crippen molar-refractivity contribution >= 4 is 11.6 Å². The minimum atomic E-state index is 0.414. The molecule has 2 rings (SSSR count). The zero-order valence-corrected chi connectivity index (χ0v) is 12.8. The van der Waals surface area contributed by atoms with Gasteiger partial charge in [-0.2, -0.15) is 0 Å². The van der Waals surface area contributed by atoms with Gasteiger partial charge in [0, 0.05) is 26.3 Å². The Kier molecular flexibility index (Phi) is 5.57. The molecular formula is C15H22N4O2. The molecule has 2 aromatic heterocycles. The Morgan fingerprint density at radius 2 is 2.19 bits per heavy atom. The number of ether oxygens (including phenoxy) is 1. The lowest BCUT2D eigenvalue weighted by Crippen LogP contribution is -2.19. The SMILES string of the molecule is CCNc1cc(N(C)Cc2ccco2)nc(COCC)n1. The van der Waals surface area contributed by atoms with E-state index in [1.807, 2.05) is 44.0 Å². The highest BCUT2D eigenvalue weighted by Gasteiger charge is 2.10. The molecule has 0 aliphatic carbocycles. The van der Waals surface area contributed by atoms with Gasteiger partial charge >= 0.3 is 0 Å². The molecule has 6 nitrogen and oxygen atoms in total. The monoisotopic (exact) mass is 290 g/mol. The molecule has 0 unspecified atom stereocenters. The standard InChI is InChI=1S/C15H22N4O2/c1-4-16-13-9-15(18-14(17-13)11-20-5-2)19(3)10-12-7-6-8-21-12/h6-9H,4-5,10-11H2,1-3H3,(H,16,17,18). The van der Waals surface area contributed by atoms with Crippen LogP contribution < -0.4 is 10.2 Å². The van der Waals surface area contributed by atoms with E-state index in [2.05, 4.69) is 15.3 Å². The van der Waals surface area contributed by atoms with Crippen molar-refractivity contribution in [2.45, 2.75) is 27.0 Å². The number of furan rings is 1. The average molecular weight is 290 g/mol. The second-order valence-corrected chi connectivity index (χ2v) is 4.63. The third-order valence-corrected chi connectivity index (χ3v) is 2.92. The summed E-state index contributed by atoms with van der Waals surface area (Å²) < 4.78 is 10.8. The smallest absolute Gasteiger partial charge is 0.158 e. The molecule has 0 aliphatic heterocycles. The van der Waals surface area contributed by atoms with Crippen LogP contribution in [0.2, 0.25) is 0 Å². The highest BCUT2D eigenvalue weighted by molar-refractivity contribution is 5.49. The molecule has 0 saturated heterocycles. The van der Waals surface area contributed by atoms with Crippen molar-refractivity contribution in [3.63, 3.8) is 0 Å². The fraction of sp³-hybridized carbons (Fsp3) is 0.467. The molecule has 0 aromatic carbocycles. The van der Waals surface area contributed by atoms with Crippen molar-refractivity contribution in [3.8, 4) is 0 Å². The molecule has 21 heavy (non-hydrogen) atoms. The topological polar surface area (TPSA) is 63.4 Å². The Morgan fingerprint density at radius 1 is 1.33 bits per heavy atom. The first kappa shape index (κ1) is 15.3. The molecule has 0 fully saturated rings. The van der Waals surface area contributed by atoms with Crippen LogP contribution in [0.15, 0.2) is 28.9 Å². The van der Waals surface area contributed by atoms with Gasteiger partial charge in [0.15, 0.2) is 5.82 Å². The van der Waals surface area contributed by atoms with Crippen molar-refractivity contribution in [1.82, 2.24) is 9.97 Å². The first-order chi connectivity index (χ1) is 10.2. The summed E-state index contributed by atoms with van der Waals surface area (Å²) in [5.74, 6) is 3.22. The predicted molar refractivity (Wildman–Crippen MR) is 82.3 cm³/mol. The summed E-state index contributed by atoms with van der Waals surface area (Å²) in [5.41, 5.74) is 0. The van der Waals surface area contributed by atoms with Gasteiger partial charge in [0.25, 0.3) is 0 Å². The largest absolute Gasteiger partial charge is 0.467 e. The van der Waals surface area contributed by atoms with Gasteiger partial charge in [0.2, 0.25) is 0 Å². The Labute approximate surface area is 125 Å². The quantitative estimate of drug-likeness (QED) is 0.806. The molecule has 0 aliphatic rings. The lowest BCUT2D eigenvalue weighted by Gasteiger charge is -2.18. The van der Waals surface area contributed by atoms with Crippen LogP contribution in [0, 0.1) is 0 Å². The van der Waals surface area contributed by atoms with Gasteiger partial charge in [0.1, 0.15) is 24.0 Å². The third-order valence-electron chi connectivity index (χ3n) is 2.92. The van der Waals surface area contributed by atoms with Crippen LogP contribution in [0.25, 0.3) is 0 Å². The van der Waals surface area contributed by atoms with Gasteiger partial charge in [-0.25, -0.2) is 9.97 Å². The zero-order chi connectivity index (χ0) is 15.1. The van der Waals surface area contributed by atoms with Gasteiger partial charge in [0.05, 0.1) is 12.8 Å². The van der Waals surface area contributed by atoms with E-state index in [1.54, 1.807) is 6.26 Å². The summed E-state index contributed by atoms with van der Waals surface area (Å²) >= 11 is 0. The molecule has 0 atom stereocenters. The van der Waals surface area contributed by atoms with Crippen molar-refractivity contribution < 1.29 is 9.15 Å². The van der Waals surface area contributed by atoms with Crippen molar-refractivity contribution in [2.24, 2.45) is 0 Å². The van der Waals surface area contributed by atoms with Crippen LogP contribution in [0.5, 0.6) is 0 Å². The van der Waals surface area contributed by atoms with E-state index >= 15 is 0 Å². The molecule has 0 radical (unpaired) electrons. The molecule has 1 N–H and O–H groups in total. The highest BCUT2D eigenvalue weighted by Crippen LogP contribution is 2.17. The van der Waals surface area contributed by atoms with Gasteiger partial charge < -0.3 is 19.4 Å². The third kappa shape index (κ3) is 4.46. The first-order valence-corrected chi connectivity index (χ1v) is 7.16. The van der Waals surface area contributed by atoms with E-state index in [1.165, 1.54) is 0 Å². The maximum absolute atomic E-state index is 5.40. The normalized spacial score (nSPS) is 10.6. The van der Waals surface area contributed by atoms with E-state index in [0.29, 0.717) is 25.6 Å². The lowest BCUT2D eigenvalue weighted by atomic mass is 10.4.